The predicted molar refractivity (Wildman–Crippen MR) is 112 cm³/mol. The maximum Gasteiger partial charge on any atom is 0.251 e. The highest BCUT2D eigenvalue weighted by Crippen LogP contribution is 2.37. The summed E-state index contributed by atoms with van der Waals surface area (Å²) in [6.07, 6.45) is 1.61. The highest BCUT2D eigenvalue weighted by atomic mass is 35.5. The second-order valence-electron chi connectivity index (χ2n) is 7.08. The summed E-state index contributed by atoms with van der Waals surface area (Å²) in [5.74, 6) is 0.794. The summed E-state index contributed by atoms with van der Waals surface area (Å²) in [4.78, 5) is 16.9. The second-order valence-corrected chi connectivity index (χ2v) is 7.52. The van der Waals surface area contributed by atoms with Gasteiger partial charge in [-0.05, 0) is 35.9 Å². The Morgan fingerprint density at radius 3 is 2.79 bits per heavy atom. The molecule has 7 heteroatoms. The van der Waals surface area contributed by atoms with Crippen molar-refractivity contribution in [2.45, 2.75) is 24.9 Å². The van der Waals surface area contributed by atoms with E-state index in [-0.39, 0.29) is 11.4 Å². The zero-order valence-electron chi connectivity index (χ0n) is 15.7. The largest absolute Gasteiger partial charge is 0.381 e. The zero-order valence-corrected chi connectivity index (χ0v) is 16.5. The van der Waals surface area contributed by atoms with Gasteiger partial charge in [-0.2, -0.15) is 0 Å². The summed E-state index contributed by atoms with van der Waals surface area (Å²) in [5, 5.41) is 10.5. The van der Waals surface area contributed by atoms with E-state index in [1.807, 2.05) is 42.5 Å². The van der Waals surface area contributed by atoms with Crippen LogP contribution in [0.2, 0.25) is 5.02 Å². The van der Waals surface area contributed by atoms with Gasteiger partial charge in [0, 0.05) is 43.7 Å². The van der Waals surface area contributed by atoms with Crippen LogP contribution in [-0.2, 0) is 11.3 Å². The molecule has 2 aromatic rings. The summed E-state index contributed by atoms with van der Waals surface area (Å²) < 4.78 is 5.59. The molecule has 1 saturated heterocycles. The number of carbonyl (C=O) groups excluding carboxylic acids is 1. The number of rotatable bonds is 3. The van der Waals surface area contributed by atoms with Crippen LogP contribution in [-0.4, -0.2) is 37.5 Å². The Labute approximate surface area is 169 Å². The Balaban J connectivity index is 1.67. The lowest BCUT2D eigenvalue weighted by atomic mass is 9.85. The molecule has 0 saturated carbocycles. The monoisotopic (exact) mass is 398 g/mol. The smallest absolute Gasteiger partial charge is 0.251 e. The van der Waals surface area contributed by atoms with Gasteiger partial charge in [-0.15, -0.1) is 0 Å². The SMILES string of the molecule is CNC(=O)c1ccc2c(c1)NC1(CCOCC1)C(=NCc1cccc(Cl)c1)N2. The lowest BCUT2D eigenvalue weighted by Crippen LogP contribution is -2.55. The van der Waals surface area contributed by atoms with Gasteiger partial charge in [0.25, 0.3) is 5.91 Å². The van der Waals surface area contributed by atoms with Crippen LogP contribution in [0.4, 0.5) is 11.4 Å². The van der Waals surface area contributed by atoms with Crippen LogP contribution in [0.5, 0.6) is 0 Å². The number of nitrogens with zero attached hydrogens (tertiary/aromatic N) is 1. The van der Waals surface area contributed by atoms with Crippen molar-refractivity contribution < 1.29 is 9.53 Å². The second kappa shape index (κ2) is 7.81. The third-order valence-electron chi connectivity index (χ3n) is 5.24. The van der Waals surface area contributed by atoms with Gasteiger partial charge >= 0.3 is 0 Å². The predicted octanol–water partition coefficient (Wildman–Crippen LogP) is 3.68. The van der Waals surface area contributed by atoms with Crippen molar-refractivity contribution in [2.75, 3.05) is 30.9 Å². The van der Waals surface area contributed by atoms with E-state index in [0.29, 0.717) is 30.3 Å². The quantitative estimate of drug-likeness (QED) is 0.737. The average molecular weight is 399 g/mol. The number of aliphatic imine (C=N–C) groups is 1. The summed E-state index contributed by atoms with van der Waals surface area (Å²) in [6.45, 7) is 1.86. The van der Waals surface area contributed by atoms with E-state index < -0.39 is 0 Å². The van der Waals surface area contributed by atoms with Crippen LogP contribution in [0.1, 0.15) is 28.8 Å². The van der Waals surface area contributed by atoms with Crippen molar-refractivity contribution in [3.63, 3.8) is 0 Å². The molecule has 2 aliphatic rings. The molecule has 1 spiro atoms. The highest BCUT2D eigenvalue weighted by molar-refractivity contribution is 6.30. The first-order valence-corrected chi connectivity index (χ1v) is 9.76. The Bertz CT molecular complexity index is 922. The fourth-order valence-corrected chi connectivity index (χ4v) is 3.90. The average Bonchev–Trinajstić information content (AvgIpc) is 2.72. The molecule has 2 aromatic carbocycles. The van der Waals surface area contributed by atoms with Crippen LogP contribution in [0.15, 0.2) is 47.5 Å². The van der Waals surface area contributed by atoms with Crippen molar-refractivity contribution >= 4 is 34.7 Å². The van der Waals surface area contributed by atoms with E-state index in [0.717, 1.165) is 35.6 Å². The third kappa shape index (κ3) is 3.70. The summed E-state index contributed by atoms with van der Waals surface area (Å²) in [5.41, 5.74) is 3.17. The molecule has 146 valence electrons. The van der Waals surface area contributed by atoms with Gasteiger partial charge in [0.05, 0.1) is 23.5 Å². The van der Waals surface area contributed by atoms with E-state index >= 15 is 0 Å². The van der Waals surface area contributed by atoms with E-state index in [9.17, 15) is 4.79 Å². The fraction of sp³-hybridized carbons (Fsp3) is 0.333. The van der Waals surface area contributed by atoms with E-state index in [1.54, 1.807) is 7.05 Å². The molecule has 28 heavy (non-hydrogen) atoms. The topological polar surface area (TPSA) is 74.8 Å². The molecular weight excluding hydrogens is 376 g/mol. The summed E-state index contributed by atoms with van der Waals surface area (Å²) in [7, 11) is 1.63. The normalized spacial score (nSPS) is 18.9. The number of amidine groups is 1. The van der Waals surface area contributed by atoms with E-state index in [4.69, 9.17) is 21.3 Å². The summed E-state index contributed by atoms with van der Waals surface area (Å²) in [6, 6.07) is 13.3. The lowest BCUT2D eigenvalue weighted by molar-refractivity contribution is 0.0778. The molecule has 1 fully saturated rings. The molecule has 0 radical (unpaired) electrons. The van der Waals surface area contributed by atoms with Crippen LogP contribution in [0, 0.1) is 0 Å². The van der Waals surface area contributed by atoms with Crippen molar-refractivity contribution in [1.82, 2.24) is 5.32 Å². The van der Waals surface area contributed by atoms with Gasteiger partial charge < -0.3 is 20.7 Å². The fourth-order valence-electron chi connectivity index (χ4n) is 3.68. The Morgan fingerprint density at radius 1 is 1.21 bits per heavy atom. The molecule has 0 bridgehead atoms. The van der Waals surface area contributed by atoms with Gasteiger partial charge in [-0.1, -0.05) is 23.7 Å². The number of ether oxygens (including phenoxy) is 1. The molecular formula is C21H23ClN4O2. The van der Waals surface area contributed by atoms with Gasteiger partial charge in [0.15, 0.2) is 0 Å². The number of carbonyl (C=O) groups is 1. The molecule has 6 nitrogen and oxygen atoms in total. The number of nitrogens with one attached hydrogen (secondary N) is 3. The van der Waals surface area contributed by atoms with Crippen molar-refractivity contribution in [1.29, 1.82) is 0 Å². The van der Waals surface area contributed by atoms with Gasteiger partial charge in [0.2, 0.25) is 0 Å². The van der Waals surface area contributed by atoms with Crippen LogP contribution < -0.4 is 16.0 Å². The van der Waals surface area contributed by atoms with E-state index in [1.165, 1.54) is 0 Å². The minimum atomic E-state index is -0.328. The van der Waals surface area contributed by atoms with Gasteiger partial charge in [0.1, 0.15) is 5.84 Å². The minimum Gasteiger partial charge on any atom is -0.381 e. The van der Waals surface area contributed by atoms with Gasteiger partial charge in [-0.25, -0.2) is 0 Å². The number of hydrogen-bond acceptors (Lipinski definition) is 4. The number of halogens is 1. The molecule has 0 atom stereocenters. The van der Waals surface area contributed by atoms with Crippen molar-refractivity contribution in [3.8, 4) is 0 Å². The number of hydrogen-bond donors (Lipinski definition) is 3. The first-order chi connectivity index (χ1) is 13.6. The molecule has 0 aliphatic carbocycles. The third-order valence-corrected chi connectivity index (χ3v) is 5.48. The molecule has 0 unspecified atom stereocenters. The molecule has 2 heterocycles. The van der Waals surface area contributed by atoms with Crippen LogP contribution in [0.25, 0.3) is 0 Å². The first kappa shape index (κ1) is 18.8. The Morgan fingerprint density at radius 2 is 2.04 bits per heavy atom. The number of benzene rings is 2. The standard InChI is InChI=1S/C21H23ClN4O2/c1-23-19(27)15-5-6-17-18(12-15)26-21(7-9-28-10-8-21)20(25-17)24-13-14-3-2-4-16(22)11-14/h2-6,11-12,26H,7-10,13H2,1H3,(H,23,27)(H,24,25). The van der Waals surface area contributed by atoms with Crippen LogP contribution >= 0.6 is 11.6 Å². The Hall–Kier alpha value is -2.57. The molecule has 0 aromatic heterocycles. The van der Waals surface area contributed by atoms with Crippen LogP contribution in [0.3, 0.4) is 0 Å². The first-order valence-electron chi connectivity index (χ1n) is 9.38. The Kier molecular flexibility index (Phi) is 5.24. The minimum absolute atomic E-state index is 0.106. The van der Waals surface area contributed by atoms with Crippen molar-refractivity contribution in [2.24, 2.45) is 4.99 Å². The molecule has 2 aliphatic heterocycles. The molecule has 3 N–H and O–H groups in total. The maximum absolute atomic E-state index is 12.0. The summed E-state index contributed by atoms with van der Waals surface area (Å²) >= 11 is 6.10. The number of amides is 1. The zero-order chi connectivity index (χ0) is 19.6. The highest BCUT2D eigenvalue weighted by Gasteiger charge is 2.41. The van der Waals surface area contributed by atoms with Gasteiger partial charge in [-0.3, -0.25) is 9.79 Å². The molecule has 4 rings (SSSR count). The lowest BCUT2D eigenvalue weighted by Gasteiger charge is -2.43. The van der Waals surface area contributed by atoms with E-state index in [2.05, 4.69) is 16.0 Å². The number of fused-ring (bicyclic) bond motifs is 1. The maximum atomic E-state index is 12.0. The molecule has 1 amide bonds. The number of anilines is 2. The van der Waals surface area contributed by atoms with Crippen molar-refractivity contribution in [3.05, 3.63) is 58.6 Å².